The molecule has 0 nitrogen and oxygen atoms in total. The zero-order valence-corrected chi connectivity index (χ0v) is 12.0. The van der Waals surface area contributed by atoms with Crippen molar-refractivity contribution in [3.05, 3.63) is 34.3 Å². The van der Waals surface area contributed by atoms with Crippen LogP contribution in [0, 0.1) is 11.8 Å². The molecular weight excluding hydrogens is 284 g/mol. The summed E-state index contributed by atoms with van der Waals surface area (Å²) in [6.07, 6.45) is 5.03. The predicted octanol–water partition coefficient (Wildman–Crippen LogP) is 5.04. The SMILES string of the molecule is CC1CCCC1C(Cl)Cc1ccc(Br)cc1. The third kappa shape index (κ3) is 3.01. The minimum atomic E-state index is 0.304. The fourth-order valence-corrected chi connectivity index (χ4v) is 3.53. The van der Waals surface area contributed by atoms with Crippen LogP contribution in [0.1, 0.15) is 31.7 Å². The third-order valence-corrected chi connectivity index (χ3v) is 4.74. The van der Waals surface area contributed by atoms with E-state index in [9.17, 15) is 0 Å². The number of halogens is 2. The molecule has 0 saturated heterocycles. The first-order valence-corrected chi connectivity index (χ1v) is 7.28. The summed E-state index contributed by atoms with van der Waals surface area (Å²) in [7, 11) is 0. The highest BCUT2D eigenvalue weighted by Gasteiger charge is 2.29. The minimum Gasteiger partial charge on any atom is -0.122 e. The second kappa shape index (κ2) is 5.55. The van der Waals surface area contributed by atoms with Gasteiger partial charge in [-0.2, -0.15) is 0 Å². The molecule has 1 aromatic carbocycles. The molecule has 88 valence electrons. The summed E-state index contributed by atoms with van der Waals surface area (Å²) < 4.78 is 1.14. The smallest absolute Gasteiger partial charge is 0.0407 e. The van der Waals surface area contributed by atoms with Crippen LogP contribution in [-0.2, 0) is 6.42 Å². The van der Waals surface area contributed by atoms with E-state index in [0.717, 1.165) is 16.8 Å². The Balaban J connectivity index is 1.96. The second-order valence-electron chi connectivity index (χ2n) is 4.92. The van der Waals surface area contributed by atoms with Gasteiger partial charge >= 0.3 is 0 Å². The Morgan fingerprint density at radius 1 is 1.31 bits per heavy atom. The molecule has 1 aromatic rings. The Kier molecular flexibility index (Phi) is 4.32. The van der Waals surface area contributed by atoms with Crippen molar-refractivity contribution >= 4 is 27.5 Å². The average Bonchev–Trinajstić information content (AvgIpc) is 2.68. The normalized spacial score (nSPS) is 26.9. The molecular formula is C14H18BrCl. The number of rotatable bonds is 3. The molecule has 0 spiro atoms. The lowest BCUT2D eigenvalue weighted by Gasteiger charge is -2.21. The van der Waals surface area contributed by atoms with Gasteiger partial charge in [-0.3, -0.25) is 0 Å². The number of hydrogen-bond acceptors (Lipinski definition) is 0. The Morgan fingerprint density at radius 3 is 2.56 bits per heavy atom. The van der Waals surface area contributed by atoms with Crippen LogP contribution in [-0.4, -0.2) is 5.38 Å². The molecule has 2 rings (SSSR count). The summed E-state index contributed by atoms with van der Waals surface area (Å²) in [5.41, 5.74) is 1.35. The standard InChI is InChI=1S/C14H18BrCl/c1-10-3-2-4-13(10)14(16)9-11-5-7-12(15)8-6-11/h5-8,10,13-14H,2-4,9H2,1H3. The van der Waals surface area contributed by atoms with Gasteiger partial charge in [0.2, 0.25) is 0 Å². The van der Waals surface area contributed by atoms with Crippen LogP contribution >= 0.6 is 27.5 Å². The second-order valence-corrected chi connectivity index (χ2v) is 6.39. The van der Waals surface area contributed by atoms with Crippen molar-refractivity contribution in [2.45, 2.75) is 38.0 Å². The summed E-state index contributed by atoms with van der Waals surface area (Å²) in [4.78, 5) is 0. The number of benzene rings is 1. The lowest BCUT2D eigenvalue weighted by Crippen LogP contribution is -2.19. The van der Waals surface area contributed by atoms with E-state index < -0.39 is 0 Å². The Morgan fingerprint density at radius 2 is 2.00 bits per heavy atom. The van der Waals surface area contributed by atoms with Crippen molar-refractivity contribution < 1.29 is 0 Å². The summed E-state index contributed by atoms with van der Waals surface area (Å²) in [5, 5.41) is 0.304. The van der Waals surface area contributed by atoms with Crippen LogP contribution in [0.25, 0.3) is 0 Å². The molecule has 0 bridgehead atoms. The van der Waals surface area contributed by atoms with E-state index in [1.807, 2.05) is 0 Å². The molecule has 0 heterocycles. The molecule has 0 amide bonds. The Labute approximate surface area is 112 Å². The van der Waals surface area contributed by atoms with Gasteiger partial charge in [-0.1, -0.05) is 47.8 Å². The van der Waals surface area contributed by atoms with E-state index in [0.29, 0.717) is 11.3 Å². The Bertz CT molecular complexity index is 333. The van der Waals surface area contributed by atoms with Crippen LogP contribution in [0.4, 0.5) is 0 Å². The monoisotopic (exact) mass is 300 g/mol. The summed E-state index contributed by atoms with van der Waals surface area (Å²) in [6, 6.07) is 8.52. The molecule has 1 aliphatic rings. The molecule has 1 saturated carbocycles. The zero-order chi connectivity index (χ0) is 11.5. The minimum absolute atomic E-state index is 0.304. The maximum atomic E-state index is 6.54. The topological polar surface area (TPSA) is 0 Å². The van der Waals surface area contributed by atoms with Crippen molar-refractivity contribution in [2.75, 3.05) is 0 Å². The fourth-order valence-electron chi connectivity index (χ4n) is 2.71. The van der Waals surface area contributed by atoms with Crippen LogP contribution in [0.5, 0.6) is 0 Å². The van der Waals surface area contributed by atoms with Gasteiger partial charge in [0.25, 0.3) is 0 Å². The Hall–Kier alpha value is -0.0100. The molecule has 0 aromatic heterocycles. The van der Waals surface area contributed by atoms with Gasteiger partial charge in [-0.05, 0) is 42.4 Å². The van der Waals surface area contributed by atoms with E-state index >= 15 is 0 Å². The molecule has 2 heteroatoms. The fraction of sp³-hybridized carbons (Fsp3) is 0.571. The molecule has 0 aliphatic heterocycles. The quantitative estimate of drug-likeness (QED) is 0.687. The van der Waals surface area contributed by atoms with E-state index in [4.69, 9.17) is 11.6 Å². The van der Waals surface area contributed by atoms with Gasteiger partial charge in [0.1, 0.15) is 0 Å². The molecule has 0 N–H and O–H groups in total. The van der Waals surface area contributed by atoms with Crippen molar-refractivity contribution in [2.24, 2.45) is 11.8 Å². The van der Waals surface area contributed by atoms with Crippen LogP contribution in [0.3, 0.4) is 0 Å². The first-order valence-electron chi connectivity index (χ1n) is 6.05. The summed E-state index contributed by atoms with van der Waals surface area (Å²) >= 11 is 10.00. The van der Waals surface area contributed by atoms with Gasteiger partial charge in [0.05, 0.1) is 0 Å². The van der Waals surface area contributed by atoms with Gasteiger partial charge in [-0.25, -0.2) is 0 Å². The molecule has 1 aliphatic carbocycles. The number of hydrogen-bond donors (Lipinski definition) is 0. The maximum absolute atomic E-state index is 6.54. The lowest BCUT2D eigenvalue weighted by molar-refractivity contribution is 0.398. The van der Waals surface area contributed by atoms with E-state index in [1.54, 1.807) is 0 Å². The molecule has 3 unspecified atom stereocenters. The van der Waals surface area contributed by atoms with E-state index in [2.05, 4.69) is 47.1 Å². The highest BCUT2D eigenvalue weighted by atomic mass is 79.9. The highest BCUT2D eigenvalue weighted by Crippen LogP contribution is 2.37. The van der Waals surface area contributed by atoms with Crippen LogP contribution in [0.15, 0.2) is 28.7 Å². The highest BCUT2D eigenvalue weighted by molar-refractivity contribution is 9.10. The summed E-state index contributed by atoms with van der Waals surface area (Å²) in [6.45, 7) is 2.34. The molecule has 0 radical (unpaired) electrons. The maximum Gasteiger partial charge on any atom is 0.0407 e. The first kappa shape index (κ1) is 12.4. The van der Waals surface area contributed by atoms with Crippen LogP contribution < -0.4 is 0 Å². The summed E-state index contributed by atoms with van der Waals surface area (Å²) in [5.74, 6) is 1.52. The van der Waals surface area contributed by atoms with Crippen molar-refractivity contribution in [3.63, 3.8) is 0 Å². The number of alkyl halides is 1. The largest absolute Gasteiger partial charge is 0.122 e. The lowest BCUT2D eigenvalue weighted by atomic mass is 9.91. The van der Waals surface area contributed by atoms with Crippen molar-refractivity contribution in [1.82, 2.24) is 0 Å². The van der Waals surface area contributed by atoms with Gasteiger partial charge in [0.15, 0.2) is 0 Å². The average molecular weight is 302 g/mol. The molecule has 1 fully saturated rings. The van der Waals surface area contributed by atoms with Gasteiger partial charge in [-0.15, -0.1) is 11.6 Å². The van der Waals surface area contributed by atoms with Gasteiger partial charge < -0.3 is 0 Å². The predicted molar refractivity (Wildman–Crippen MR) is 74.0 cm³/mol. The van der Waals surface area contributed by atoms with Gasteiger partial charge in [0, 0.05) is 9.85 Å². The molecule has 3 atom stereocenters. The van der Waals surface area contributed by atoms with Crippen molar-refractivity contribution in [3.8, 4) is 0 Å². The third-order valence-electron chi connectivity index (χ3n) is 3.74. The zero-order valence-electron chi connectivity index (χ0n) is 9.63. The van der Waals surface area contributed by atoms with E-state index in [1.165, 1.54) is 24.8 Å². The van der Waals surface area contributed by atoms with Crippen molar-refractivity contribution in [1.29, 1.82) is 0 Å². The van der Waals surface area contributed by atoms with Crippen LogP contribution in [0.2, 0.25) is 0 Å². The first-order chi connectivity index (χ1) is 7.66. The molecule has 16 heavy (non-hydrogen) atoms. The van der Waals surface area contributed by atoms with E-state index in [-0.39, 0.29) is 0 Å².